The van der Waals surface area contributed by atoms with Crippen LogP contribution in [0.4, 0.5) is 0 Å². The van der Waals surface area contributed by atoms with Crippen LogP contribution in [0.2, 0.25) is 0 Å². The number of hydrogen-bond acceptors (Lipinski definition) is 2. The van der Waals surface area contributed by atoms with E-state index < -0.39 is 0 Å². The first-order chi connectivity index (χ1) is 10.8. The quantitative estimate of drug-likeness (QED) is 0.413. The van der Waals surface area contributed by atoms with Gasteiger partial charge in [-0.1, -0.05) is 35.9 Å². The van der Waals surface area contributed by atoms with Crippen LogP contribution in [0, 0.1) is 6.92 Å². The molecule has 0 N–H and O–H groups in total. The van der Waals surface area contributed by atoms with Crippen molar-refractivity contribution in [1.29, 1.82) is 0 Å². The molecule has 2 aromatic heterocycles. The minimum absolute atomic E-state index is 0.930. The summed E-state index contributed by atoms with van der Waals surface area (Å²) in [6.07, 6.45) is 4.81. The molecule has 5 rings (SSSR count). The SMILES string of the molecule is Cc1ccc2cnc3c(c2c1)Cc1cccc2nccc-3c12. The minimum Gasteiger partial charge on any atom is -0.256 e. The third-order valence-electron chi connectivity index (χ3n) is 4.63. The Kier molecular flexibility index (Phi) is 2.23. The van der Waals surface area contributed by atoms with Gasteiger partial charge in [0, 0.05) is 35.2 Å². The van der Waals surface area contributed by atoms with E-state index in [-0.39, 0.29) is 0 Å². The topological polar surface area (TPSA) is 25.8 Å². The Hall–Kier alpha value is -2.74. The average Bonchev–Trinajstić information content (AvgIpc) is 2.55. The van der Waals surface area contributed by atoms with Crippen LogP contribution >= 0.6 is 0 Å². The maximum absolute atomic E-state index is 4.77. The molecule has 2 heterocycles. The number of aromatic nitrogens is 2. The van der Waals surface area contributed by atoms with Crippen molar-refractivity contribution in [2.75, 3.05) is 0 Å². The van der Waals surface area contributed by atoms with Crippen molar-refractivity contribution in [2.24, 2.45) is 0 Å². The van der Waals surface area contributed by atoms with Crippen molar-refractivity contribution in [3.8, 4) is 11.3 Å². The van der Waals surface area contributed by atoms with Crippen molar-refractivity contribution < 1.29 is 0 Å². The van der Waals surface area contributed by atoms with Gasteiger partial charge in [-0.3, -0.25) is 9.97 Å². The van der Waals surface area contributed by atoms with Gasteiger partial charge >= 0.3 is 0 Å². The van der Waals surface area contributed by atoms with Crippen molar-refractivity contribution in [3.05, 3.63) is 71.5 Å². The Balaban J connectivity index is 1.96. The molecule has 4 aromatic rings. The fourth-order valence-electron chi connectivity index (χ4n) is 3.61. The highest BCUT2D eigenvalue weighted by atomic mass is 14.7. The molecule has 0 aliphatic heterocycles. The Morgan fingerprint density at radius 3 is 2.91 bits per heavy atom. The highest BCUT2D eigenvalue weighted by molar-refractivity contribution is 6.02. The summed E-state index contributed by atoms with van der Waals surface area (Å²) < 4.78 is 0. The summed E-state index contributed by atoms with van der Waals surface area (Å²) in [5.41, 5.74) is 7.37. The molecule has 0 fully saturated rings. The first-order valence-corrected chi connectivity index (χ1v) is 7.56. The predicted octanol–water partition coefficient (Wildman–Crippen LogP) is 4.66. The summed E-state index contributed by atoms with van der Waals surface area (Å²) in [6.45, 7) is 2.15. The van der Waals surface area contributed by atoms with Gasteiger partial charge in [-0.05, 0) is 35.6 Å². The maximum atomic E-state index is 4.77. The molecule has 0 amide bonds. The van der Waals surface area contributed by atoms with Crippen LogP contribution in [0.15, 0.2) is 54.9 Å². The van der Waals surface area contributed by atoms with Crippen LogP contribution in [0.3, 0.4) is 0 Å². The fraction of sp³-hybridized carbons (Fsp3) is 0.100. The number of rotatable bonds is 0. The summed E-state index contributed by atoms with van der Waals surface area (Å²) in [4.78, 5) is 9.28. The van der Waals surface area contributed by atoms with E-state index in [1.54, 1.807) is 0 Å². The van der Waals surface area contributed by atoms with Gasteiger partial charge in [-0.25, -0.2) is 0 Å². The first-order valence-electron chi connectivity index (χ1n) is 7.56. The van der Waals surface area contributed by atoms with E-state index >= 15 is 0 Å². The predicted molar refractivity (Wildman–Crippen MR) is 90.0 cm³/mol. The smallest absolute Gasteiger partial charge is 0.0751 e. The summed E-state index contributed by atoms with van der Waals surface area (Å²) in [5.74, 6) is 0. The van der Waals surface area contributed by atoms with Crippen LogP contribution in [-0.2, 0) is 6.42 Å². The average molecular weight is 282 g/mol. The van der Waals surface area contributed by atoms with Gasteiger partial charge in [0.05, 0.1) is 11.2 Å². The van der Waals surface area contributed by atoms with Crippen molar-refractivity contribution in [1.82, 2.24) is 9.97 Å². The van der Waals surface area contributed by atoms with E-state index in [0.717, 1.165) is 17.6 Å². The Morgan fingerprint density at radius 2 is 1.95 bits per heavy atom. The first kappa shape index (κ1) is 11.9. The molecule has 0 atom stereocenters. The lowest BCUT2D eigenvalue weighted by molar-refractivity contribution is 1.16. The molecule has 104 valence electrons. The zero-order valence-corrected chi connectivity index (χ0v) is 12.3. The van der Waals surface area contributed by atoms with Crippen LogP contribution in [0.5, 0.6) is 0 Å². The monoisotopic (exact) mass is 282 g/mol. The Labute approximate surface area is 128 Å². The summed E-state index contributed by atoms with van der Waals surface area (Å²) in [6, 6.07) is 15.1. The second kappa shape index (κ2) is 4.14. The number of hydrogen-bond donors (Lipinski definition) is 0. The second-order valence-corrected chi connectivity index (χ2v) is 6.02. The van der Waals surface area contributed by atoms with E-state index in [2.05, 4.69) is 54.4 Å². The number of benzene rings is 2. The lowest BCUT2D eigenvalue weighted by Crippen LogP contribution is -2.04. The number of fused-ring (bicyclic) bond motifs is 4. The Morgan fingerprint density at radius 1 is 1.00 bits per heavy atom. The van der Waals surface area contributed by atoms with Gasteiger partial charge in [0.2, 0.25) is 0 Å². The maximum Gasteiger partial charge on any atom is 0.0751 e. The number of nitrogens with zero attached hydrogens (tertiary/aromatic N) is 2. The Bertz CT molecular complexity index is 1060. The van der Waals surface area contributed by atoms with E-state index in [4.69, 9.17) is 4.98 Å². The lowest BCUT2D eigenvalue weighted by atomic mass is 9.86. The van der Waals surface area contributed by atoms with Crippen molar-refractivity contribution >= 4 is 21.7 Å². The molecule has 0 saturated carbocycles. The van der Waals surface area contributed by atoms with Crippen molar-refractivity contribution in [2.45, 2.75) is 13.3 Å². The van der Waals surface area contributed by atoms with Gasteiger partial charge in [0.15, 0.2) is 0 Å². The third-order valence-corrected chi connectivity index (χ3v) is 4.63. The summed E-state index contributed by atoms with van der Waals surface area (Å²) in [7, 11) is 0. The van der Waals surface area contributed by atoms with Gasteiger partial charge in [-0.15, -0.1) is 0 Å². The summed E-state index contributed by atoms with van der Waals surface area (Å²) in [5, 5.41) is 3.80. The molecule has 2 aromatic carbocycles. The standard InChI is InChI=1S/C20H14N2/c1-12-5-6-14-11-22-20-15-7-8-21-18-4-2-3-13(19(15)18)10-17(20)16(14)9-12/h2-9,11H,10H2,1H3. The van der Waals surface area contributed by atoms with Gasteiger partial charge < -0.3 is 0 Å². The molecule has 0 saturated heterocycles. The van der Waals surface area contributed by atoms with Crippen LogP contribution in [0.25, 0.3) is 32.9 Å². The zero-order valence-electron chi connectivity index (χ0n) is 12.3. The highest BCUT2D eigenvalue weighted by Gasteiger charge is 2.21. The molecular formula is C20H14N2. The largest absolute Gasteiger partial charge is 0.256 e. The number of aryl methyl sites for hydroxylation is 1. The van der Waals surface area contributed by atoms with Gasteiger partial charge in [0.25, 0.3) is 0 Å². The van der Waals surface area contributed by atoms with E-state index in [1.165, 1.54) is 38.4 Å². The summed E-state index contributed by atoms with van der Waals surface area (Å²) >= 11 is 0. The van der Waals surface area contributed by atoms with Gasteiger partial charge in [0.1, 0.15) is 0 Å². The molecule has 2 heteroatoms. The van der Waals surface area contributed by atoms with Crippen LogP contribution < -0.4 is 0 Å². The molecule has 1 aliphatic rings. The lowest BCUT2D eigenvalue weighted by Gasteiger charge is -2.21. The third kappa shape index (κ3) is 1.49. The molecule has 0 bridgehead atoms. The van der Waals surface area contributed by atoms with E-state index in [1.807, 2.05) is 12.4 Å². The number of pyridine rings is 2. The van der Waals surface area contributed by atoms with Crippen LogP contribution in [-0.4, -0.2) is 9.97 Å². The molecule has 22 heavy (non-hydrogen) atoms. The zero-order chi connectivity index (χ0) is 14.7. The molecule has 1 aliphatic carbocycles. The molecule has 2 nitrogen and oxygen atoms in total. The molecule has 0 unspecified atom stereocenters. The molecular weight excluding hydrogens is 268 g/mol. The molecule has 0 radical (unpaired) electrons. The molecule has 0 spiro atoms. The second-order valence-electron chi connectivity index (χ2n) is 6.02. The van der Waals surface area contributed by atoms with E-state index in [9.17, 15) is 0 Å². The highest BCUT2D eigenvalue weighted by Crippen LogP contribution is 2.40. The fourth-order valence-corrected chi connectivity index (χ4v) is 3.61. The normalized spacial score (nSPS) is 12.6. The van der Waals surface area contributed by atoms with Crippen LogP contribution in [0.1, 0.15) is 16.7 Å². The minimum atomic E-state index is 0.930. The van der Waals surface area contributed by atoms with E-state index in [0.29, 0.717) is 0 Å². The van der Waals surface area contributed by atoms with Crippen molar-refractivity contribution in [3.63, 3.8) is 0 Å². The van der Waals surface area contributed by atoms with Gasteiger partial charge in [-0.2, -0.15) is 0 Å².